The zero-order chi connectivity index (χ0) is 16.8. The summed E-state index contributed by atoms with van der Waals surface area (Å²) in [5.41, 5.74) is 1.80. The van der Waals surface area contributed by atoms with E-state index in [9.17, 15) is 9.59 Å². The van der Waals surface area contributed by atoms with Crippen LogP contribution in [-0.4, -0.2) is 25.0 Å². The Labute approximate surface area is 141 Å². The molecule has 0 heterocycles. The number of fused-ring (bicyclic) bond motifs is 1. The number of halogens is 1. The molecule has 1 aliphatic carbocycles. The first-order valence-corrected chi connectivity index (χ1v) is 8.36. The molecule has 0 aliphatic heterocycles. The van der Waals surface area contributed by atoms with Crippen LogP contribution in [0.3, 0.4) is 0 Å². The molecule has 1 atom stereocenters. The van der Waals surface area contributed by atoms with Gasteiger partial charge in [-0.1, -0.05) is 13.0 Å². The van der Waals surface area contributed by atoms with Crippen LogP contribution in [0.1, 0.15) is 49.6 Å². The molecule has 0 saturated carbocycles. The molecule has 1 unspecified atom stereocenters. The average Bonchev–Trinajstić information content (AvgIpc) is 2.50. The molecular weight excluding hydrogens is 318 g/mol. The number of esters is 2. The van der Waals surface area contributed by atoms with E-state index >= 15 is 0 Å². The summed E-state index contributed by atoms with van der Waals surface area (Å²) in [7, 11) is 0. The van der Waals surface area contributed by atoms with Crippen LogP contribution in [0.2, 0.25) is 0 Å². The minimum Gasteiger partial charge on any atom is -0.423 e. The molecule has 0 aromatic heterocycles. The van der Waals surface area contributed by atoms with Crippen LogP contribution in [0.5, 0.6) is 11.5 Å². The summed E-state index contributed by atoms with van der Waals surface area (Å²) in [6, 6.07) is 3.49. The number of benzene rings is 1. The highest BCUT2D eigenvalue weighted by Gasteiger charge is 2.26. The fourth-order valence-corrected chi connectivity index (χ4v) is 3.01. The third-order valence-electron chi connectivity index (χ3n) is 3.65. The van der Waals surface area contributed by atoms with Gasteiger partial charge in [0.05, 0.1) is 11.9 Å². The van der Waals surface area contributed by atoms with Crippen molar-refractivity contribution >= 4 is 23.5 Å². The van der Waals surface area contributed by atoms with Gasteiger partial charge in [-0.05, 0) is 43.9 Å². The Kier molecular flexibility index (Phi) is 6.42. The lowest BCUT2D eigenvalue weighted by molar-refractivity contribution is -0.135. The predicted molar refractivity (Wildman–Crippen MR) is 88.1 cm³/mol. The van der Waals surface area contributed by atoms with E-state index in [0.29, 0.717) is 5.75 Å². The van der Waals surface area contributed by atoms with E-state index in [1.54, 1.807) is 6.07 Å². The lowest BCUT2D eigenvalue weighted by atomic mass is 9.90. The molecule has 0 amide bonds. The monoisotopic (exact) mass is 339 g/mol. The maximum atomic E-state index is 12.0. The van der Waals surface area contributed by atoms with Crippen molar-refractivity contribution in [1.29, 1.82) is 0 Å². The highest BCUT2D eigenvalue weighted by atomic mass is 35.5. The van der Waals surface area contributed by atoms with Crippen LogP contribution in [0.4, 0.5) is 0 Å². The molecular formula is C17H22ClNO4. The predicted octanol–water partition coefficient (Wildman–Crippen LogP) is 3.13. The molecule has 0 fully saturated rings. The number of hydrogen-bond donors (Lipinski definition) is 1. The first kappa shape index (κ1) is 17.8. The fourth-order valence-electron chi connectivity index (χ4n) is 2.65. The number of ether oxygens (including phenoxy) is 2. The van der Waals surface area contributed by atoms with Crippen molar-refractivity contribution in [3.8, 4) is 11.5 Å². The molecule has 23 heavy (non-hydrogen) atoms. The van der Waals surface area contributed by atoms with Gasteiger partial charge in [0.2, 0.25) is 0 Å². The molecule has 0 spiro atoms. The summed E-state index contributed by atoms with van der Waals surface area (Å²) >= 11 is 6.36. The number of carbonyl (C=O) groups excluding carboxylic acids is 2. The summed E-state index contributed by atoms with van der Waals surface area (Å²) in [4.78, 5) is 23.3. The molecule has 0 saturated heterocycles. The molecule has 5 nitrogen and oxygen atoms in total. The summed E-state index contributed by atoms with van der Waals surface area (Å²) in [6.45, 7) is 4.19. The Balaban J connectivity index is 2.27. The van der Waals surface area contributed by atoms with Gasteiger partial charge in [0.1, 0.15) is 0 Å². The maximum absolute atomic E-state index is 12.0. The fraction of sp³-hybridized carbons (Fsp3) is 0.529. The van der Waals surface area contributed by atoms with Gasteiger partial charge in [0, 0.05) is 12.5 Å². The smallest absolute Gasteiger partial charge is 0.325 e. The lowest BCUT2D eigenvalue weighted by Gasteiger charge is -2.24. The topological polar surface area (TPSA) is 64.6 Å². The number of carbonyl (C=O) groups is 2. The Hall–Kier alpha value is -1.59. The van der Waals surface area contributed by atoms with Crippen LogP contribution in [0.15, 0.2) is 12.1 Å². The van der Waals surface area contributed by atoms with Gasteiger partial charge in [0.25, 0.3) is 0 Å². The van der Waals surface area contributed by atoms with Crippen molar-refractivity contribution < 1.29 is 19.1 Å². The number of rotatable bonds is 6. The zero-order valence-electron chi connectivity index (χ0n) is 13.5. The highest BCUT2D eigenvalue weighted by Crippen LogP contribution is 2.43. The van der Waals surface area contributed by atoms with Crippen molar-refractivity contribution in [1.82, 2.24) is 5.32 Å². The summed E-state index contributed by atoms with van der Waals surface area (Å²) in [5, 5.41) is 2.89. The zero-order valence-corrected chi connectivity index (χ0v) is 14.2. The van der Waals surface area contributed by atoms with E-state index in [2.05, 4.69) is 5.32 Å². The highest BCUT2D eigenvalue weighted by molar-refractivity contribution is 6.21. The molecule has 1 aromatic rings. The van der Waals surface area contributed by atoms with Gasteiger partial charge in [-0.3, -0.25) is 9.59 Å². The van der Waals surface area contributed by atoms with Crippen LogP contribution in [-0.2, 0) is 16.0 Å². The molecule has 1 aromatic carbocycles. The largest absolute Gasteiger partial charge is 0.423 e. The standard InChI is InChI=1S/C17H22ClNO4/c1-3-9-19-10-16(21)23-17-13-5-4-6-14(18)12(13)7-8-15(17)22-11(2)20/h7-8,14,19H,3-6,9-10H2,1-2H3. The molecule has 1 aliphatic rings. The molecule has 2 rings (SSSR count). The SMILES string of the molecule is CCCNCC(=O)Oc1c(OC(C)=O)ccc2c1CCCC2Cl. The van der Waals surface area contributed by atoms with Crippen LogP contribution in [0.25, 0.3) is 0 Å². The second-order valence-corrected chi connectivity index (χ2v) is 6.09. The molecule has 1 N–H and O–H groups in total. The van der Waals surface area contributed by atoms with Gasteiger partial charge in [-0.25, -0.2) is 0 Å². The third-order valence-corrected chi connectivity index (χ3v) is 4.10. The second-order valence-electron chi connectivity index (χ2n) is 5.56. The van der Waals surface area contributed by atoms with Gasteiger partial charge < -0.3 is 14.8 Å². The molecule has 126 valence electrons. The number of hydrogen-bond acceptors (Lipinski definition) is 5. The van der Waals surface area contributed by atoms with Crippen molar-refractivity contribution in [3.05, 3.63) is 23.3 Å². The number of alkyl halides is 1. The maximum Gasteiger partial charge on any atom is 0.325 e. The van der Waals surface area contributed by atoms with Gasteiger partial charge in [-0.2, -0.15) is 0 Å². The summed E-state index contributed by atoms with van der Waals surface area (Å²) < 4.78 is 10.7. The van der Waals surface area contributed by atoms with Crippen LogP contribution >= 0.6 is 11.6 Å². The Morgan fingerprint density at radius 1 is 1.35 bits per heavy atom. The molecule has 0 bridgehead atoms. The quantitative estimate of drug-likeness (QED) is 0.373. The van der Waals surface area contributed by atoms with Crippen LogP contribution < -0.4 is 14.8 Å². The van der Waals surface area contributed by atoms with Crippen molar-refractivity contribution in [2.45, 2.75) is 44.9 Å². The molecule has 6 heteroatoms. The first-order valence-electron chi connectivity index (χ1n) is 7.92. The van der Waals surface area contributed by atoms with E-state index in [-0.39, 0.29) is 17.7 Å². The van der Waals surface area contributed by atoms with E-state index in [1.165, 1.54) is 6.92 Å². The second kappa shape index (κ2) is 8.31. The lowest BCUT2D eigenvalue weighted by Crippen LogP contribution is -2.28. The normalized spacial score (nSPS) is 16.6. The Morgan fingerprint density at radius 3 is 2.83 bits per heavy atom. The van der Waals surface area contributed by atoms with E-state index < -0.39 is 11.9 Å². The van der Waals surface area contributed by atoms with Gasteiger partial charge >= 0.3 is 11.9 Å². The van der Waals surface area contributed by atoms with Crippen molar-refractivity contribution in [2.24, 2.45) is 0 Å². The van der Waals surface area contributed by atoms with Gasteiger partial charge in [-0.15, -0.1) is 11.6 Å². The van der Waals surface area contributed by atoms with E-state index in [1.807, 2.05) is 13.0 Å². The molecule has 0 radical (unpaired) electrons. The van der Waals surface area contributed by atoms with Crippen LogP contribution in [0, 0.1) is 0 Å². The average molecular weight is 340 g/mol. The Morgan fingerprint density at radius 2 is 2.13 bits per heavy atom. The first-order chi connectivity index (χ1) is 11.0. The van der Waals surface area contributed by atoms with E-state index in [4.69, 9.17) is 21.1 Å². The minimum absolute atomic E-state index is 0.110. The Bertz CT molecular complexity index is 588. The summed E-state index contributed by atoms with van der Waals surface area (Å²) in [6.07, 6.45) is 3.47. The van der Waals surface area contributed by atoms with Crippen molar-refractivity contribution in [2.75, 3.05) is 13.1 Å². The van der Waals surface area contributed by atoms with Crippen molar-refractivity contribution in [3.63, 3.8) is 0 Å². The number of nitrogens with one attached hydrogen (secondary N) is 1. The minimum atomic E-state index is -0.454. The third kappa shape index (κ3) is 4.69. The van der Waals surface area contributed by atoms with Gasteiger partial charge in [0.15, 0.2) is 11.5 Å². The van der Waals surface area contributed by atoms with E-state index in [0.717, 1.165) is 43.4 Å². The summed E-state index contributed by atoms with van der Waals surface area (Å²) in [5.74, 6) is -0.265.